The number of aliphatic hydroxyl groups is 2. The number of alkyl halides is 3. The van der Waals surface area contributed by atoms with Gasteiger partial charge in [0.25, 0.3) is 0 Å². The van der Waals surface area contributed by atoms with Crippen LogP contribution in [0.4, 0.5) is 13.2 Å². The van der Waals surface area contributed by atoms with Gasteiger partial charge in [0.05, 0.1) is 30.3 Å². The number of carbonyl (C=O) groups excluding carboxylic acids is 1. The van der Waals surface area contributed by atoms with E-state index < -0.39 is 36.5 Å². The zero-order chi connectivity index (χ0) is 25.3. The van der Waals surface area contributed by atoms with Gasteiger partial charge in [0, 0.05) is 11.6 Å². The van der Waals surface area contributed by atoms with E-state index in [0.717, 1.165) is 17.4 Å². The zero-order valence-corrected chi connectivity index (χ0v) is 19.4. The van der Waals surface area contributed by atoms with Gasteiger partial charge in [-0.25, -0.2) is 9.78 Å². The van der Waals surface area contributed by atoms with Crippen molar-refractivity contribution in [1.29, 1.82) is 0 Å². The summed E-state index contributed by atoms with van der Waals surface area (Å²) in [7, 11) is 1.20. The van der Waals surface area contributed by atoms with Crippen molar-refractivity contribution in [2.24, 2.45) is 0 Å². The van der Waals surface area contributed by atoms with Crippen molar-refractivity contribution in [2.45, 2.75) is 25.3 Å². The predicted octanol–water partition coefficient (Wildman–Crippen LogP) is 5.06. The first-order valence-corrected chi connectivity index (χ1v) is 11.3. The van der Waals surface area contributed by atoms with Gasteiger partial charge in [0.2, 0.25) is 0 Å². The number of thiophene rings is 1. The SMILES string of the molecule is COC(=O)c1sc(-n2cnc3ccc(C(O)CO)cc32)cc1O[C@H](C)c1ccccc1C(F)(F)F. The molecular weight excluding hydrogens is 485 g/mol. The third-order valence-corrected chi connectivity index (χ3v) is 6.53. The summed E-state index contributed by atoms with van der Waals surface area (Å²) in [5.74, 6) is -0.636. The molecule has 2 N–H and O–H groups in total. The second kappa shape index (κ2) is 9.68. The van der Waals surface area contributed by atoms with Crippen LogP contribution in [0.3, 0.4) is 0 Å². The Morgan fingerprint density at radius 1 is 1.20 bits per heavy atom. The molecule has 0 saturated carbocycles. The van der Waals surface area contributed by atoms with Crippen LogP contribution in [0.5, 0.6) is 5.75 Å². The van der Waals surface area contributed by atoms with Crippen LogP contribution in [0.1, 0.15) is 45.5 Å². The summed E-state index contributed by atoms with van der Waals surface area (Å²) in [5, 5.41) is 19.7. The molecule has 0 amide bonds. The Morgan fingerprint density at radius 2 is 1.94 bits per heavy atom. The van der Waals surface area contributed by atoms with Gasteiger partial charge >= 0.3 is 12.1 Å². The van der Waals surface area contributed by atoms with E-state index in [1.165, 1.54) is 44.6 Å². The summed E-state index contributed by atoms with van der Waals surface area (Å²) in [6.07, 6.45) is -5.15. The van der Waals surface area contributed by atoms with E-state index in [4.69, 9.17) is 9.47 Å². The van der Waals surface area contributed by atoms with Gasteiger partial charge in [-0.05, 0) is 30.7 Å². The molecule has 0 aliphatic heterocycles. The number of esters is 1. The minimum atomic E-state index is -4.56. The lowest BCUT2D eigenvalue weighted by molar-refractivity contribution is -0.139. The summed E-state index contributed by atoms with van der Waals surface area (Å²) in [5.41, 5.74) is 0.773. The number of carbonyl (C=O) groups is 1. The number of aliphatic hydroxyl groups excluding tert-OH is 2. The molecule has 2 atom stereocenters. The van der Waals surface area contributed by atoms with E-state index >= 15 is 0 Å². The van der Waals surface area contributed by atoms with E-state index in [0.29, 0.717) is 21.6 Å². The fourth-order valence-corrected chi connectivity index (χ4v) is 4.67. The third-order valence-electron chi connectivity index (χ3n) is 5.43. The molecule has 1 unspecified atom stereocenters. The lowest BCUT2D eigenvalue weighted by atomic mass is 10.0. The van der Waals surface area contributed by atoms with Crippen LogP contribution >= 0.6 is 11.3 Å². The average molecular weight is 507 g/mol. The summed E-state index contributed by atoms with van der Waals surface area (Å²) in [4.78, 5) is 16.8. The van der Waals surface area contributed by atoms with E-state index in [-0.39, 0.29) is 16.2 Å². The summed E-state index contributed by atoms with van der Waals surface area (Å²) in [6.45, 7) is 1.01. The number of fused-ring (bicyclic) bond motifs is 1. The van der Waals surface area contributed by atoms with Gasteiger partial charge in [-0.1, -0.05) is 24.3 Å². The number of rotatable bonds is 7. The molecule has 2 heterocycles. The standard InChI is InChI=1S/C24H21F3N2O5S/c1-13(15-5-3-4-6-16(15)24(25,26)27)34-20-10-21(35-22(20)23(32)33-2)29-12-28-17-8-7-14(9-18(17)29)19(31)11-30/h3-10,12-13,19,30-31H,11H2,1-2H3/t13-,19?/m1/s1. The molecule has 4 aromatic rings. The average Bonchev–Trinajstić information content (AvgIpc) is 3.46. The van der Waals surface area contributed by atoms with Gasteiger partial charge in [-0.2, -0.15) is 13.2 Å². The number of imidazole rings is 1. The summed E-state index contributed by atoms with van der Waals surface area (Å²) in [6, 6.07) is 11.6. The quantitative estimate of drug-likeness (QED) is 0.341. The number of ether oxygens (including phenoxy) is 2. The maximum absolute atomic E-state index is 13.5. The number of nitrogens with zero attached hydrogens (tertiary/aromatic N) is 2. The van der Waals surface area contributed by atoms with Crippen molar-refractivity contribution in [2.75, 3.05) is 13.7 Å². The molecule has 0 bridgehead atoms. The first-order chi connectivity index (χ1) is 16.6. The molecule has 0 radical (unpaired) electrons. The summed E-state index contributed by atoms with van der Waals surface area (Å²) < 4.78 is 52.8. The van der Waals surface area contributed by atoms with Crippen LogP contribution < -0.4 is 4.74 Å². The smallest absolute Gasteiger partial charge is 0.416 e. The number of benzene rings is 2. The van der Waals surface area contributed by atoms with E-state index in [1.807, 2.05) is 0 Å². The second-order valence-electron chi connectivity index (χ2n) is 7.68. The summed E-state index contributed by atoms with van der Waals surface area (Å²) >= 11 is 1.02. The molecule has 7 nitrogen and oxygen atoms in total. The van der Waals surface area contributed by atoms with E-state index in [1.54, 1.807) is 22.8 Å². The molecular formula is C24H21F3N2O5S. The monoisotopic (exact) mass is 506 g/mol. The fraction of sp³-hybridized carbons (Fsp3) is 0.250. The fourth-order valence-electron chi connectivity index (χ4n) is 3.68. The van der Waals surface area contributed by atoms with Gasteiger partial charge < -0.3 is 19.7 Å². The Morgan fingerprint density at radius 3 is 2.63 bits per heavy atom. The maximum Gasteiger partial charge on any atom is 0.416 e. The van der Waals surface area contributed by atoms with Crippen molar-refractivity contribution >= 4 is 28.3 Å². The predicted molar refractivity (Wildman–Crippen MR) is 123 cm³/mol. The highest BCUT2D eigenvalue weighted by molar-refractivity contribution is 7.16. The topological polar surface area (TPSA) is 93.8 Å². The molecule has 0 aliphatic carbocycles. The lowest BCUT2D eigenvalue weighted by Crippen LogP contribution is -2.14. The van der Waals surface area contributed by atoms with E-state index in [2.05, 4.69) is 4.98 Å². The molecule has 0 spiro atoms. The third kappa shape index (κ3) is 4.88. The molecule has 11 heteroatoms. The molecule has 4 rings (SSSR count). The molecule has 2 aromatic carbocycles. The minimum Gasteiger partial charge on any atom is -0.484 e. The van der Waals surface area contributed by atoms with Gasteiger partial charge in [0.1, 0.15) is 29.3 Å². The zero-order valence-electron chi connectivity index (χ0n) is 18.6. The second-order valence-corrected chi connectivity index (χ2v) is 8.71. The first-order valence-electron chi connectivity index (χ1n) is 10.4. The number of methoxy groups -OCH3 is 1. The Hall–Kier alpha value is -3.41. The van der Waals surface area contributed by atoms with Crippen molar-refractivity contribution in [3.63, 3.8) is 0 Å². The molecule has 35 heavy (non-hydrogen) atoms. The Balaban J connectivity index is 1.76. The highest BCUT2D eigenvalue weighted by Gasteiger charge is 2.35. The number of aromatic nitrogens is 2. The highest BCUT2D eigenvalue weighted by Crippen LogP contribution is 2.39. The molecule has 0 saturated heterocycles. The lowest BCUT2D eigenvalue weighted by Gasteiger charge is -2.19. The van der Waals surface area contributed by atoms with Gasteiger partial charge in [-0.15, -0.1) is 11.3 Å². The van der Waals surface area contributed by atoms with E-state index in [9.17, 15) is 28.2 Å². The van der Waals surface area contributed by atoms with Crippen LogP contribution in [0.15, 0.2) is 54.9 Å². The molecule has 0 fully saturated rings. The Bertz CT molecular complexity index is 1360. The van der Waals surface area contributed by atoms with Gasteiger partial charge in [-0.3, -0.25) is 4.57 Å². The van der Waals surface area contributed by atoms with Crippen LogP contribution in [0, 0.1) is 0 Å². The van der Waals surface area contributed by atoms with Crippen LogP contribution in [-0.4, -0.2) is 39.5 Å². The van der Waals surface area contributed by atoms with Crippen LogP contribution in [0.2, 0.25) is 0 Å². The van der Waals surface area contributed by atoms with Crippen molar-refractivity contribution < 1.29 is 37.7 Å². The van der Waals surface area contributed by atoms with Gasteiger partial charge in [0.15, 0.2) is 4.88 Å². The van der Waals surface area contributed by atoms with Crippen LogP contribution in [-0.2, 0) is 10.9 Å². The normalized spacial score (nSPS) is 13.6. The number of hydrogen-bond acceptors (Lipinski definition) is 7. The molecule has 184 valence electrons. The highest BCUT2D eigenvalue weighted by atomic mass is 32.1. The van der Waals surface area contributed by atoms with Crippen LogP contribution in [0.25, 0.3) is 16.0 Å². The Kier molecular flexibility index (Phi) is 6.84. The number of halogens is 3. The maximum atomic E-state index is 13.5. The first kappa shape index (κ1) is 24.7. The molecule has 0 aliphatic rings. The van der Waals surface area contributed by atoms with Crippen molar-refractivity contribution in [3.8, 4) is 10.8 Å². The molecule has 2 aromatic heterocycles. The number of hydrogen-bond donors (Lipinski definition) is 2. The Labute approximate surface area is 202 Å². The largest absolute Gasteiger partial charge is 0.484 e. The minimum absolute atomic E-state index is 0.0646. The van der Waals surface area contributed by atoms with Crippen molar-refractivity contribution in [1.82, 2.24) is 9.55 Å². The van der Waals surface area contributed by atoms with Crippen molar-refractivity contribution in [3.05, 3.63) is 76.4 Å².